The van der Waals surface area contributed by atoms with Gasteiger partial charge < -0.3 is 10.3 Å². The summed E-state index contributed by atoms with van der Waals surface area (Å²) in [4.78, 5) is 4.44. The van der Waals surface area contributed by atoms with Crippen molar-refractivity contribution in [2.75, 3.05) is 6.54 Å². The number of benzene rings is 1. The number of rotatable bonds is 6. The molecule has 0 unspecified atom stereocenters. The van der Waals surface area contributed by atoms with E-state index in [1.54, 1.807) is 0 Å². The van der Waals surface area contributed by atoms with Crippen LogP contribution in [-0.2, 0) is 6.42 Å². The van der Waals surface area contributed by atoms with Gasteiger partial charge in [0.15, 0.2) is 0 Å². The van der Waals surface area contributed by atoms with Gasteiger partial charge >= 0.3 is 0 Å². The van der Waals surface area contributed by atoms with E-state index in [1.807, 2.05) is 25.1 Å². The van der Waals surface area contributed by atoms with Crippen molar-refractivity contribution in [1.29, 1.82) is 0 Å². The first-order valence-electron chi connectivity index (χ1n) is 6.50. The Balaban J connectivity index is 2.04. The zero-order valence-electron chi connectivity index (χ0n) is 11.0. The van der Waals surface area contributed by atoms with E-state index in [9.17, 15) is 0 Å². The summed E-state index contributed by atoms with van der Waals surface area (Å²) >= 11 is 3.45. The van der Waals surface area contributed by atoms with E-state index in [1.165, 1.54) is 0 Å². The fourth-order valence-electron chi connectivity index (χ4n) is 1.94. The molecule has 2 rings (SSSR count). The zero-order chi connectivity index (χ0) is 13.7. The van der Waals surface area contributed by atoms with E-state index in [0.29, 0.717) is 11.7 Å². The molecule has 0 amide bonds. The van der Waals surface area contributed by atoms with Gasteiger partial charge in [0.2, 0.25) is 11.7 Å². The lowest BCUT2D eigenvalue weighted by atomic mass is 10.1. The lowest BCUT2D eigenvalue weighted by Crippen LogP contribution is -1.98. The largest absolute Gasteiger partial charge is 0.339 e. The van der Waals surface area contributed by atoms with Gasteiger partial charge in [-0.3, -0.25) is 0 Å². The van der Waals surface area contributed by atoms with Crippen molar-refractivity contribution < 1.29 is 4.52 Å². The van der Waals surface area contributed by atoms with Gasteiger partial charge in [0, 0.05) is 16.5 Å². The number of hydrogen-bond donors (Lipinski definition) is 1. The summed E-state index contributed by atoms with van der Waals surface area (Å²) in [5.74, 6) is 1.37. The molecule has 1 heterocycles. The lowest BCUT2D eigenvalue weighted by molar-refractivity contribution is 0.374. The predicted octanol–water partition coefficient (Wildman–Crippen LogP) is 3.48. The van der Waals surface area contributed by atoms with Crippen LogP contribution in [0.3, 0.4) is 0 Å². The van der Waals surface area contributed by atoms with Crippen molar-refractivity contribution in [3.8, 4) is 11.4 Å². The third-order valence-electron chi connectivity index (χ3n) is 2.99. The summed E-state index contributed by atoms with van der Waals surface area (Å²) in [6, 6.07) is 6.04. The van der Waals surface area contributed by atoms with Crippen LogP contribution in [0.25, 0.3) is 11.4 Å². The topological polar surface area (TPSA) is 64.9 Å². The summed E-state index contributed by atoms with van der Waals surface area (Å²) in [6.07, 6.45) is 4.01. The van der Waals surface area contributed by atoms with E-state index >= 15 is 0 Å². The highest BCUT2D eigenvalue weighted by Gasteiger charge is 2.10. The van der Waals surface area contributed by atoms with Crippen LogP contribution in [0.2, 0.25) is 0 Å². The number of unbranched alkanes of at least 4 members (excludes halogenated alkanes) is 2. The van der Waals surface area contributed by atoms with Crippen molar-refractivity contribution in [1.82, 2.24) is 10.1 Å². The van der Waals surface area contributed by atoms with Gasteiger partial charge in [0.05, 0.1) is 0 Å². The number of halogens is 1. The van der Waals surface area contributed by atoms with Crippen molar-refractivity contribution in [3.63, 3.8) is 0 Å². The van der Waals surface area contributed by atoms with Crippen molar-refractivity contribution in [2.45, 2.75) is 32.6 Å². The smallest absolute Gasteiger partial charge is 0.226 e. The fraction of sp³-hybridized carbons (Fsp3) is 0.429. The molecule has 0 atom stereocenters. The van der Waals surface area contributed by atoms with Crippen LogP contribution in [-0.4, -0.2) is 16.7 Å². The Morgan fingerprint density at radius 2 is 2.11 bits per heavy atom. The highest BCUT2D eigenvalue weighted by Crippen LogP contribution is 2.24. The number of aryl methyl sites for hydroxylation is 2. The van der Waals surface area contributed by atoms with E-state index in [2.05, 4.69) is 26.1 Å². The van der Waals surface area contributed by atoms with E-state index < -0.39 is 0 Å². The standard InChI is InChI=1S/C14H18BrN3O/c1-10-9-11(15)6-7-12(10)14-17-13(19-18-14)5-3-2-4-8-16/h6-7,9H,2-5,8,16H2,1H3. The minimum absolute atomic E-state index is 0.666. The molecule has 0 spiro atoms. The molecule has 1 aromatic carbocycles. The molecule has 102 valence electrons. The predicted molar refractivity (Wildman–Crippen MR) is 78.8 cm³/mol. The maximum absolute atomic E-state index is 5.46. The molecule has 19 heavy (non-hydrogen) atoms. The Morgan fingerprint density at radius 3 is 2.84 bits per heavy atom. The summed E-state index contributed by atoms with van der Waals surface area (Å²) in [6.45, 7) is 2.78. The molecule has 4 nitrogen and oxygen atoms in total. The average molecular weight is 324 g/mol. The molecule has 5 heteroatoms. The van der Waals surface area contributed by atoms with Crippen LogP contribution in [0.15, 0.2) is 27.2 Å². The average Bonchev–Trinajstić information content (AvgIpc) is 2.83. The molecule has 0 aliphatic heterocycles. The number of hydrogen-bond acceptors (Lipinski definition) is 4. The highest BCUT2D eigenvalue weighted by molar-refractivity contribution is 9.10. The van der Waals surface area contributed by atoms with Crippen LogP contribution in [0.4, 0.5) is 0 Å². The van der Waals surface area contributed by atoms with Crippen molar-refractivity contribution >= 4 is 15.9 Å². The second-order valence-electron chi connectivity index (χ2n) is 4.57. The molecule has 0 radical (unpaired) electrons. The second-order valence-corrected chi connectivity index (χ2v) is 5.49. The molecule has 0 fully saturated rings. The van der Waals surface area contributed by atoms with Crippen LogP contribution in [0, 0.1) is 6.92 Å². The van der Waals surface area contributed by atoms with Crippen LogP contribution in [0.1, 0.15) is 30.7 Å². The van der Waals surface area contributed by atoms with Crippen LogP contribution < -0.4 is 5.73 Å². The molecule has 2 N–H and O–H groups in total. The minimum Gasteiger partial charge on any atom is -0.339 e. The number of nitrogens with zero attached hydrogens (tertiary/aromatic N) is 2. The first-order valence-corrected chi connectivity index (χ1v) is 7.29. The Hall–Kier alpha value is -1.20. The first kappa shape index (κ1) is 14.2. The second kappa shape index (κ2) is 6.82. The maximum Gasteiger partial charge on any atom is 0.226 e. The number of nitrogens with two attached hydrogens (primary N) is 1. The molecule has 1 aromatic heterocycles. The van der Waals surface area contributed by atoms with Gasteiger partial charge in [0.1, 0.15) is 0 Å². The third-order valence-corrected chi connectivity index (χ3v) is 3.49. The van der Waals surface area contributed by atoms with Crippen molar-refractivity contribution in [3.05, 3.63) is 34.1 Å². The van der Waals surface area contributed by atoms with E-state index in [-0.39, 0.29) is 0 Å². The SMILES string of the molecule is Cc1cc(Br)ccc1-c1noc(CCCCCN)n1. The Labute approximate surface area is 121 Å². The van der Waals surface area contributed by atoms with Gasteiger partial charge in [-0.25, -0.2) is 0 Å². The van der Waals surface area contributed by atoms with E-state index in [0.717, 1.165) is 47.8 Å². The van der Waals surface area contributed by atoms with Gasteiger partial charge in [-0.05, 0) is 50.1 Å². The van der Waals surface area contributed by atoms with Gasteiger partial charge in [-0.2, -0.15) is 4.98 Å². The van der Waals surface area contributed by atoms with Crippen LogP contribution >= 0.6 is 15.9 Å². The highest BCUT2D eigenvalue weighted by atomic mass is 79.9. The van der Waals surface area contributed by atoms with Crippen molar-refractivity contribution in [2.24, 2.45) is 5.73 Å². The molecule has 0 aliphatic rings. The van der Waals surface area contributed by atoms with E-state index in [4.69, 9.17) is 10.3 Å². The van der Waals surface area contributed by atoms with Gasteiger partial charge in [-0.1, -0.05) is 27.5 Å². The summed E-state index contributed by atoms with van der Waals surface area (Å²) in [5, 5.41) is 4.05. The molecule has 0 saturated carbocycles. The van der Waals surface area contributed by atoms with Gasteiger partial charge in [-0.15, -0.1) is 0 Å². The molecular formula is C14H18BrN3O. The third kappa shape index (κ3) is 3.88. The Bertz CT molecular complexity index is 539. The van der Waals surface area contributed by atoms with Crippen LogP contribution in [0.5, 0.6) is 0 Å². The normalized spacial score (nSPS) is 10.9. The monoisotopic (exact) mass is 323 g/mol. The first-order chi connectivity index (χ1) is 9.20. The summed E-state index contributed by atoms with van der Waals surface area (Å²) < 4.78 is 6.34. The maximum atomic E-state index is 5.46. The molecule has 0 saturated heterocycles. The molecule has 0 aliphatic carbocycles. The summed E-state index contributed by atoms with van der Waals surface area (Å²) in [7, 11) is 0. The summed E-state index contributed by atoms with van der Waals surface area (Å²) in [5.41, 5.74) is 7.61. The van der Waals surface area contributed by atoms with Gasteiger partial charge in [0.25, 0.3) is 0 Å². The number of aromatic nitrogens is 2. The zero-order valence-corrected chi connectivity index (χ0v) is 12.6. The fourth-order valence-corrected chi connectivity index (χ4v) is 2.42. The molecular weight excluding hydrogens is 306 g/mol. The molecule has 2 aromatic rings. The lowest BCUT2D eigenvalue weighted by Gasteiger charge is -2.00. The Kier molecular flexibility index (Phi) is 5.10. The molecule has 0 bridgehead atoms. The Morgan fingerprint density at radius 1 is 1.26 bits per heavy atom. The minimum atomic E-state index is 0.666. The quantitative estimate of drug-likeness (QED) is 0.826.